The fraction of sp³-hybridized carbons (Fsp3) is 0.263. The Labute approximate surface area is 340 Å². The lowest BCUT2D eigenvalue weighted by molar-refractivity contribution is 0.0703. The molecule has 2 bridgehead atoms. The van der Waals surface area contributed by atoms with E-state index < -0.39 is 0 Å². The van der Waals surface area contributed by atoms with Crippen LogP contribution in [-0.4, -0.2) is 0 Å². The number of hydrogen-bond donors (Lipinski definition) is 0. The minimum atomic E-state index is 0.188. The first kappa shape index (κ1) is 35.9. The third-order valence-electron chi connectivity index (χ3n) is 14.3. The van der Waals surface area contributed by atoms with Crippen molar-refractivity contribution in [2.75, 3.05) is 0 Å². The van der Waals surface area contributed by atoms with Crippen molar-refractivity contribution in [2.45, 2.75) is 72.1 Å². The number of benzene rings is 7. The molecular formula is C57H54. The number of allylic oxidation sites excluding steroid dienone is 2. The molecular weight excluding hydrogens is 685 g/mol. The molecule has 0 N–H and O–H groups in total. The third kappa shape index (κ3) is 6.03. The highest BCUT2D eigenvalue weighted by Crippen LogP contribution is 2.59. The van der Waals surface area contributed by atoms with Gasteiger partial charge >= 0.3 is 0 Å². The highest BCUT2D eigenvalue weighted by Gasteiger charge is 2.41. The van der Waals surface area contributed by atoms with Gasteiger partial charge < -0.3 is 0 Å². The van der Waals surface area contributed by atoms with Gasteiger partial charge in [0.25, 0.3) is 0 Å². The third-order valence-corrected chi connectivity index (χ3v) is 14.3. The van der Waals surface area contributed by atoms with Crippen molar-refractivity contribution in [1.29, 1.82) is 0 Å². The van der Waals surface area contributed by atoms with Gasteiger partial charge in [0.05, 0.1) is 0 Å². The number of fused-ring (bicyclic) bond motifs is 6. The Morgan fingerprint density at radius 1 is 0.632 bits per heavy atom. The molecule has 3 atom stereocenters. The van der Waals surface area contributed by atoms with E-state index in [0.29, 0.717) is 5.92 Å². The van der Waals surface area contributed by atoms with Crippen LogP contribution >= 0.6 is 0 Å². The Morgan fingerprint density at radius 3 is 1.81 bits per heavy atom. The first-order valence-corrected chi connectivity index (χ1v) is 21.6. The lowest BCUT2D eigenvalue weighted by Gasteiger charge is -2.48. The predicted octanol–water partition coefficient (Wildman–Crippen LogP) is 16.6. The topological polar surface area (TPSA) is 0 Å². The lowest BCUT2D eigenvalue weighted by atomic mass is 9.57. The minimum Gasteiger partial charge on any atom is -0.0953 e. The predicted molar refractivity (Wildman–Crippen MR) is 246 cm³/mol. The summed E-state index contributed by atoms with van der Waals surface area (Å²) in [6.45, 7) is 14.4. The van der Waals surface area contributed by atoms with E-state index in [4.69, 9.17) is 6.58 Å². The summed E-state index contributed by atoms with van der Waals surface area (Å²) in [6, 6.07) is 50.2. The maximum absolute atomic E-state index is 4.76. The number of hydrogen-bond acceptors (Lipinski definition) is 0. The van der Waals surface area contributed by atoms with E-state index >= 15 is 0 Å². The Balaban J connectivity index is 1.13. The van der Waals surface area contributed by atoms with E-state index in [1.54, 1.807) is 0 Å². The molecule has 282 valence electrons. The molecule has 3 unspecified atom stereocenters. The van der Waals surface area contributed by atoms with Gasteiger partial charge in [0.2, 0.25) is 0 Å². The molecule has 0 spiro atoms. The van der Waals surface area contributed by atoms with Crippen LogP contribution < -0.4 is 0 Å². The highest BCUT2D eigenvalue weighted by atomic mass is 14.5. The molecule has 7 aromatic rings. The van der Waals surface area contributed by atoms with Gasteiger partial charge in [-0.1, -0.05) is 174 Å². The highest BCUT2D eigenvalue weighted by molar-refractivity contribution is 6.28. The average Bonchev–Trinajstić information content (AvgIpc) is 3.56. The Kier molecular flexibility index (Phi) is 8.93. The molecule has 3 aliphatic carbocycles. The second-order valence-electron chi connectivity index (χ2n) is 18.2. The van der Waals surface area contributed by atoms with Crippen LogP contribution in [0, 0.1) is 23.2 Å². The van der Waals surface area contributed by atoms with Gasteiger partial charge in [-0.2, -0.15) is 0 Å². The fourth-order valence-corrected chi connectivity index (χ4v) is 11.7. The van der Waals surface area contributed by atoms with Crippen molar-refractivity contribution < 1.29 is 0 Å². The van der Waals surface area contributed by atoms with Crippen LogP contribution in [0.15, 0.2) is 152 Å². The largest absolute Gasteiger partial charge is 0.0953 e. The van der Waals surface area contributed by atoms with Crippen LogP contribution in [0.25, 0.3) is 83.3 Å². The molecule has 0 nitrogen and oxygen atoms in total. The molecule has 2 saturated carbocycles. The van der Waals surface area contributed by atoms with Gasteiger partial charge in [0, 0.05) is 0 Å². The molecule has 2 fully saturated rings. The summed E-state index contributed by atoms with van der Waals surface area (Å²) in [5.41, 5.74) is 17.3. The number of rotatable bonds is 8. The first-order valence-electron chi connectivity index (χ1n) is 21.6. The van der Waals surface area contributed by atoms with Crippen molar-refractivity contribution in [3.63, 3.8) is 0 Å². The van der Waals surface area contributed by atoms with Gasteiger partial charge in [0.1, 0.15) is 0 Å². The maximum atomic E-state index is 4.76. The second kappa shape index (κ2) is 14.2. The maximum Gasteiger partial charge on any atom is -0.000741 e. The molecule has 0 amide bonds. The van der Waals surface area contributed by atoms with Crippen LogP contribution in [-0.2, 0) is 0 Å². The van der Waals surface area contributed by atoms with Gasteiger partial charge in [-0.3, -0.25) is 0 Å². The van der Waals surface area contributed by atoms with Crippen LogP contribution in [0.3, 0.4) is 0 Å². The lowest BCUT2D eigenvalue weighted by Crippen LogP contribution is -2.36. The van der Waals surface area contributed by atoms with E-state index in [-0.39, 0.29) is 5.41 Å². The molecule has 0 heteroatoms. The minimum absolute atomic E-state index is 0.188. The first-order chi connectivity index (χ1) is 27.8. The standard InChI is InChI=1S/C57H54/c1-6-37(3)45-27-26-44(33-43(45)25-24-38(4)57(5)34-39-30-36(2)31-40(32-39)35-57)46-28-29-51-54-47(46)22-15-23-50(54)55-52(41-16-9-7-10-17-41)48-20-13-14-21-49(48)53(56(51)55)42-18-11-8-12-19-42/h7-29,33,36-37,39-40H,4,6,30-32,34-35H2,1-3,5H3/b25-24-. The van der Waals surface area contributed by atoms with Crippen molar-refractivity contribution in [3.05, 3.63) is 163 Å². The Hall–Kier alpha value is -5.46. The molecule has 0 heterocycles. The summed E-state index contributed by atoms with van der Waals surface area (Å²) >= 11 is 0. The van der Waals surface area contributed by atoms with Gasteiger partial charge in [0.15, 0.2) is 0 Å². The Morgan fingerprint density at radius 2 is 1.19 bits per heavy atom. The van der Waals surface area contributed by atoms with Crippen molar-refractivity contribution in [3.8, 4) is 55.6 Å². The molecule has 3 aliphatic rings. The van der Waals surface area contributed by atoms with Crippen molar-refractivity contribution in [1.82, 2.24) is 0 Å². The smallest absolute Gasteiger partial charge is 0.000741 e. The average molecular weight is 739 g/mol. The van der Waals surface area contributed by atoms with E-state index in [1.807, 2.05) is 0 Å². The summed E-state index contributed by atoms with van der Waals surface area (Å²) in [5, 5.41) is 5.26. The fourth-order valence-electron chi connectivity index (χ4n) is 11.7. The molecule has 0 aromatic heterocycles. The zero-order valence-corrected chi connectivity index (χ0v) is 34.1. The summed E-state index contributed by atoms with van der Waals surface area (Å²) in [7, 11) is 0. The van der Waals surface area contributed by atoms with Crippen LogP contribution in [0.5, 0.6) is 0 Å². The van der Waals surface area contributed by atoms with Crippen LogP contribution in [0.2, 0.25) is 0 Å². The quantitative estimate of drug-likeness (QED) is 0.136. The molecule has 57 heavy (non-hydrogen) atoms. The Bertz CT molecular complexity index is 2600. The zero-order chi connectivity index (χ0) is 38.8. The molecule has 0 saturated heterocycles. The molecule has 0 aliphatic heterocycles. The summed E-state index contributed by atoms with van der Waals surface area (Å²) in [6.07, 6.45) is 12.7. The second-order valence-corrected chi connectivity index (χ2v) is 18.2. The van der Waals surface area contributed by atoms with E-state index in [9.17, 15) is 0 Å². The molecule has 10 rings (SSSR count). The van der Waals surface area contributed by atoms with Gasteiger partial charge in [-0.25, -0.2) is 0 Å². The summed E-state index contributed by atoms with van der Waals surface area (Å²) in [4.78, 5) is 0. The van der Waals surface area contributed by atoms with Gasteiger partial charge in [-0.15, -0.1) is 0 Å². The molecule has 7 aromatic carbocycles. The normalized spacial score (nSPS) is 21.6. The summed E-state index contributed by atoms with van der Waals surface area (Å²) in [5.74, 6) is 3.05. The van der Waals surface area contributed by atoms with E-state index in [1.165, 1.54) is 126 Å². The van der Waals surface area contributed by atoms with E-state index in [2.05, 4.69) is 173 Å². The van der Waals surface area contributed by atoms with Gasteiger partial charge in [-0.05, 0) is 168 Å². The monoisotopic (exact) mass is 738 g/mol. The van der Waals surface area contributed by atoms with Crippen LogP contribution in [0.4, 0.5) is 0 Å². The summed E-state index contributed by atoms with van der Waals surface area (Å²) < 4.78 is 0. The molecule has 0 radical (unpaired) electrons. The van der Waals surface area contributed by atoms with E-state index in [0.717, 1.165) is 24.2 Å². The zero-order valence-electron chi connectivity index (χ0n) is 34.1. The SMILES string of the molecule is C=C(/C=C\c1cc(-c2ccc3c4c(cccc24)-c2c-3c(-c3ccccc3)c3ccccc3c2-c2ccccc2)ccc1C(C)CC)C1(C)CC2CC(C)CC(C2)C1. The van der Waals surface area contributed by atoms with Crippen LogP contribution in [0.1, 0.15) is 83.3 Å². The van der Waals surface area contributed by atoms with Crippen molar-refractivity contribution >= 4 is 27.6 Å². The van der Waals surface area contributed by atoms with Crippen molar-refractivity contribution in [2.24, 2.45) is 23.2 Å².